The number of sulfonamides is 1. The molecule has 0 saturated carbocycles. The highest BCUT2D eigenvalue weighted by molar-refractivity contribution is 7.89. The monoisotopic (exact) mass is 398 g/mol. The van der Waals surface area contributed by atoms with Crippen molar-refractivity contribution in [3.8, 4) is 0 Å². The summed E-state index contributed by atoms with van der Waals surface area (Å²) in [6.07, 6.45) is 2.21. The van der Waals surface area contributed by atoms with E-state index in [2.05, 4.69) is 16.1 Å². The van der Waals surface area contributed by atoms with Crippen LogP contribution in [0.3, 0.4) is 0 Å². The molecule has 0 fully saturated rings. The zero-order valence-electron chi connectivity index (χ0n) is 15.5. The van der Waals surface area contributed by atoms with Crippen LogP contribution in [0.15, 0.2) is 76.2 Å². The highest BCUT2D eigenvalue weighted by Gasteiger charge is 2.15. The van der Waals surface area contributed by atoms with Crippen molar-refractivity contribution in [2.24, 2.45) is 0 Å². The van der Waals surface area contributed by atoms with Crippen molar-refractivity contribution in [2.45, 2.75) is 24.8 Å². The first-order valence-corrected chi connectivity index (χ1v) is 10.4. The van der Waals surface area contributed by atoms with E-state index in [9.17, 15) is 13.2 Å². The number of carbonyl (C=O) groups excluding carboxylic acids is 1. The zero-order valence-corrected chi connectivity index (χ0v) is 16.3. The Morgan fingerprint density at radius 2 is 1.82 bits per heavy atom. The smallest absolute Gasteiger partial charge is 0.251 e. The Labute approximate surface area is 164 Å². The third kappa shape index (κ3) is 5.31. The molecule has 0 radical (unpaired) electrons. The van der Waals surface area contributed by atoms with E-state index >= 15 is 0 Å². The molecule has 146 valence electrons. The molecule has 3 aromatic rings. The summed E-state index contributed by atoms with van der Waals surface area (Å²) in [7, 11) is -3.68. The van der Waals surface area contributed by atoms with E-state index < -0.39 is 10.0 Å². The summed E-state index contributed by atoms with van der Waals surface area (Å²) < 4.78 is 32.2. The predicted octanol–water partition coefficient (Wildman–Crippen LogP) is 3.04. The molecule has 2 N–H and O–H groups in total. The van der Waals surface area contributed by atoms with E-state index in [1.54, 1.807) is 12.1 Å². The van der Waals surface area contributed by atoms with E-state index in [4.69, 9.17) is 4.42 Å². The second-order valence-electron chi connectivity index (χ2n) is 6.42. The first-order chi connectivity index (χ1) is 13.4. The molecule has 1 amide bonds. The van der Waals surface area contributed by atoms with E-state index in [0.717, 1.165) is 12.0 Å². The lowest BCUT2D eigenvalue weighted by molar-refractivity contribution is 0.0954. The molecule has 3 rings (SSSR count). The van der Waals surface area contributed by atoms with Gasteiger partial charge < -0.3 is 9.73 Å². The van der Waals surface area contributed by atoms with Crippen LogP contribution < -0.4 is 10.0 Å². The number of hydrogen-bond acceptors (Lipinski definition) is 4. The molecule has 0 aliphatic rings. The number of aryl methyl sites for hydroxylation is 1. The number of amides is 1. The molecule has 0 saturated heterocycles. The summed E-state index contributed by atoms with van der Waals surface area (Å²) in [4.78, 5) is 12.3. The van der Waals surface area contributed by atoms with Gasteiger partial charge in [0.15, 0.2) is 0 Å². The van der Waals surface area contributed by atoms with Gasteiger partial charge in [0.25, 0.3) is 5.91 Å². The Bertz CT molecular complexity index is 1030. The SMILES string of the molecule is Cc1cccc(CCNC(=O)c2ccc(S(=O)(=O)NCc3ccco3)cc2)c1. The van der Waals surface area contributed by atoms with Gasteiger partial charge in [0.2, 0.25) is 10.0 Å². The fourth-order valence-electron chi connectivity index (χ4n) is 2.74. The van der Waals surface area contributed by atoms with Crippen LogP contribution in [0, 0.1) is 6.92 Å². The van der Waals surface area contributed by atoms with Gasteiger partial charge in [-0.05, 0) is 55.3 Å². The fourth-order valence-corrected chi connectivity index (χ4v) is 3.73. The van der Waals surface area contributed by atoms with Crippen LogP contribution in [0.4, 0.5) is 0 Å². The summed E-state index contributed by atoms with van der Waals surface area (Å²) in [5.41, 5.74) is 2.75. The molecule has 0 spiro atoms. The summed E-state index contributed by atoms with van der Waals surface area (Å²) >= 11 is 0. The predicted molar refractivity (Wildman–Crippen MR) is 106 cm³/mol. The minimum atomic E-state index is -3.68. The minimum Gasteiger partial charge on any atom is -0.468 e. The molecular formula is C21H22N2O4S. The maximum atomic E-state index is 12.3. The largest absolute Gasteiger partial charge is 0.468 e. The van der Waals surface area contributed by atoms with E-state index in [1.165, 1.54) is 36.1 Å². The summed E-state index contributed by atoms with van der Waals surface area (Å²) in [6, 6.07) is 17.3. The van der Waals surface area contributed by atoms with E-state index in [1.807, 2.05) is 25.1 Å². The van der Waals surface area contributed by atoms with Crippen molar-refractivity contribution < 1.29 is 17.6 Å². The molecule has 0 aliphatic carbocycles. The second-order valence-corrected chi connectivity index (χ2v) is 8.19. The van der Waals surface area contributed by atoms with Crippen molar-refractivity contribution in [3.63, 3.8) is 0 Å². The average Bonchev–Trinajstić information content (AvgIpc) is 3.20. The molecule has 7 heteroatoms. The van der Waals surface area contributed by atoms with Crippen LogP contribution in [0.5, 0.6) is 0 Å². The maximum Gasteiger partial charge on any atom is 0.251 e. The number of hydrogen-bond donors (Lipinski definition) is 2. The van der Waals surface area contributed by atoms with Crippen LogP contribution in [0.25, 0.3) is 0 Å². The first kappa shape index (κ1) is 19.9. The van der Waals surface area contributed by atoms with Crippen LogP contribution >= 0.6 is 0 Å². The summed E-state index contributed by atoms with van der Waals surface area (Å²) in [6.45, 7) is 2.60. The molecular weight excluding hydrogens is 376 g/mol. The van der Waals surface area contributed by atoms with Gasteiger partial charge in [0, 0.05) is 12.1 Å². The first-order valence-electron chi connectivity index (χ1n) is 8.90. The second kappa shape index (κ2) is 8.86. The molecule has 0 bridgehead atoms. The molecule has 0 aliphatic heterocycles. The summed E-state index contributed by atoms with van der Waals surface area (Å²) in [5.74, 6) is 0.285. The van der Waals surface area contributed by atoms with Crippen LogP contribution in [-0.4, -0.2) is 20.9 Å². The molecule has 0 atom stereocenters. The third-order valence-corrected chi connectivity index (χ3v) is 5.64. The maximum absolute atomic E-state index is 12.3. The van der Waals surface area contributed by atoms with Gasteiger partial charge in [-0.1, -0.05) is 29.8 Å². The van der Waals surface area contributed by atoms with Gasteiger partial charge >= 0.3 is 0 Å². The van der Waals surface area contributed by atoms with Gasteiger partial charge in [-0.3, -0.25) is 4.79 Å². The highest BCUT2D eigenvalue weighted by Crippen LogP contribution is 2.12. The van der Waals surface area contributed by atoms with Gasteiger partial charge in [-0.2, -0.15) is 0 Å². The van der Waals surface area contributed by atoms with Gasteiger partial charge in [0.1, 0.15) is 5.76 Å². The Morgan fingerprint density at radius 3 is 2.50 bits per heavy atom. The number of benzene rings is 2. The zero-order chi connectivity index (χ0) is 20.0. The number of furan rings is 1. The molecule has 28 heavy (non-hydrogen) atoms. The Morgan fingerprint density at radius 1 is 1.04 bits per heavy atom. The minimum absolute atomic E-state index is 0.0660. The van der Waals surface area contributed by atoms with Crippen LogP contribution in [0.1, 0.15) is 27.2 Å². The van der Waals surface area contributed by atoms with Gasteiger partial charge in [-0.25, -0.2) is 13.1 Å². The Hall–Kier alpha value is -2.90. The lowest BCUT2D eigenvalue weighted by Crippen LogP contribution is -2.26. The molecule has 6 nitrogen and oxygen atoms in total. The van der Waals surface area contributed by atoms with E-state index in [-0.39, 0.29) is 17.3 Å². The Balaban J connectivity index is 1.54. The number of nitrogens with one attached hydrogen (secondary N) is 2. The van der Waals surface area contributed by atoms with Crippen molar-refractivity contribution in [2.75, 3.05) is 6.54 Å². The standard InChI is InChI=1S/C21H22N2O4S/c1-16-4-2-5-17(14-16)11-12-22-21(24)18-7-9-20(10-8-18)28(25,26)23-15-19-6-3-13-27-19/h2-10,13-14,23H,11-12,15H2,1H3,(H,22,24). The van der Waals surface area contributed by atoms with Gasteiger partial charge in [-0.15, -0.1) is 0 Å². The molecule has 1 aromatic heterocycles. The van der Waals surface area contributed by atoms with E-state index in [0.29, 0.717) is 17.9 Å². The molecule has 0 unspecified atom stereocenters. The van der Waals surface area contributed by atoms with Crippen LogP contribution in [-0.2, 0) is 23.0 Å². The quantitative estimate of drug-likeness (QED) is 0.610. The van der Waals surface area contributed by atoms with Crippen molar-refractivity contribution >= 4 is 15.9 Å². The van der Waals surface area contributed by atoms with Gasteiger partial charge in [0.05, 0.1) is 17.7 Å². The molecule has 1 heterocycles. The number of carbonyl (C=O) groups is 1. The van der Waals surface area contributed by atoms with Crippen molar-refractivity contribution in [1.82, 2.24) is 10.0 Å². The van der Waals surface area contributed by atoms with Crippen molar-refractivity contribution in [1.29, 1.82) is 0 Å². The fraction of sp³-hybridized carbons (Fsp3) is 0.190. The number of rotatable bonds is 8. The summed E-state index contributed by atoms with van der Waals surface area (Å²) in [5, 5.41) is 2.85. The lowest BCUT2D eigenvalue weighted by atomic mass is 10.1. The normalized spacial score (nSPS) is 11.3. The average molecular weight is 398 g/mol. The highest BCUT2D eigenvalue weighted by atomic mass is 32.2. The molecule has 2 aromatic carbocycles. The van der Waals surface area contributed by atoms with Crippen LogP contribution in [0.2, 0.25) is 0 Å². The van der Waals surface area contributed by atoms with Crippen molar-refractivity contribution in [3.05, 3.63) is 89.4 Å². The lowest BCUT2D eigenvalue weighted by Gasteiger charge is -2.08. The third-order valence-electron chi connectivity index (χ3n) is 4.23. The topological polar surface area (TPSA) is 88.4 Å². The Kier molecular flexibility index (Phi) is 6.28.